The second-order valence-corrected chi connectivity index (χ2v) is 24.8. The first-order valence-electron chi connectivity index (χ1n) is 32.7. The first-order chi connectivity index (χ1) is 47.5. The van der Waals surface area contributed by atoms with E-state index in [-0.39, 0.29) is 24.1 Å². The van der Waals surface area contributed by atoms with E-state index in [2.05, 4.69) is 59.3 Å². The lowest BCUT2D eigenvalue weighted by Gasteiger charge is -2.34. The van der Waals surface area contributed by atoms with Gasteiger partial charge in [0.25, 0.3) is 5.92 Å². The zero-order chi connectivity index (χ0) is 70.2. The van der Waals surface area contributed by atoms with Crippen LogP contribution in [0.5, 0.6) is 5.75 Å². The van der Waals surface area contributed by atoms with Crippen LogP contribution in [0.3, 0.4) is 0 Å². The fourth-order valence-electron chi connectivity index (χ4n) is 11.9. The van der Waals surface area contributed by atoms with Gasteiger partial charge in [0, 0.05) is 170 Å². The average Bonchev–Trinajstić information content (AvgIpc) is 1.67. The number of halogens is 5. The fraction of sp³-hybridized carbons (Fsp3) is 0.384. The van der Waals surface area contributed by atoms with Crippen molar-refractivity contribution in [2.45, 2.75) is 65.6 Å². The number of aromatic nitrogens is 9. The minimum absolute atomic E-state index is 0. The van der Waals surface area contributed by atoms with E-state index in [0.29, 0.717) is 53.2 Å². The van der Waals surface area contributed by atoms with Crippen molar-refractivity contribution in [2.75, 3.05) is 98.8 Å². The van der Waals surface area contributed by atoms with E-state index in [0.717, 1.165) is 171 Å². The van der Waals surface area contributed by atoms with Crippen LogP contribution in [0.4, 0.5) is 22.0 Å². The normalized spacial score (nSPS) is 15.2. The Morgan fingerprint density at radius 1 is 0.460 bits per heavy atom. The van der Waals surface area contributed by atoms with Crippen LogP contribution in [0.15, 0.2) is 152 Å². The van der Waals surface area contributed by atoms with Gasteiger partial charge in [-0.25, -0.2) is 38.1 Å². The van der Waals surface area contributed by atoms with Crippen molar-refractivity contribution in [2.24, 2.45) is 21.1 Å². The highest BCUT2D eigenvalue weighted by atomic mass is 19.4. The van der Waals surface area contributed by atoms with Crippen LogP contribution in [0, 0.1) is 0 Å². The first-order valence-corrected chi connectivity index (χ1v) is 32.7. The molecule has 3 aliphatic rings. The molecule has 0 unspecified atom stereocenters. The topological polar surface area (TPSA) is 222 Å². The number of nitrogens with zero attached hydrogens (tertiary/aromatic N) is 15. The second-order valence-electron chi connectivity index (χ2n) is 24.8. The second kappa shape index (κ2) is 34.4. The number of pyridine rings is 3. The fourth-order valence-corrected chi connectivity index (χ4v) is 11.9. The van der Waals surface area contributed by atoms with Crippen LogP contribution in [-0.4, -0.2) is 200 Å². The van der Waals surface area contributed by atoms with Crippen molar-refractivity contribution < 1.29 is 56.0 Å². The monoisotopic (exact) mass is 1380 g/mol. The number of carbonyl (C=O) groups is 3. The van der Waals surface area contributed by atoms with E-state index >= 15 is 0 Å². The Balaban J connectivity index is 0.000000174. The summed E-state index contributed by atoms with van der Waals surface area (Å²) in [4.78, 5) is 74.8. The van der Waals surface area contributed by atoms with Crippen molar-refractivity contribution in [3.63, 3.8) is 0 Å². The number of carbonyl (C=O) groups excluding carboxylic acids is 1. The molecule has 3 fully saturated rings. The summed E-state index contributed by atoms with van der Waals surface area (Å²) in [5.41, 5.74) is 6.97. The summed E-state index contributed by atoms with van der Waals surface area (Å²) in [5, 5.41) is 18.4. The summed E-state index contributed by atoms with van der Waals surface area (Å²) in [6.07, 6.45) is 6.74. The van der Waals surface area contributed by atoms with Gasteiger partial charge in [-0.1, -0.05) is 62.0 Å². The van der Waals surface area contributed by atoms with Crippen LogP contribution in [0.2, 0.25) is 0 Å². The molecule has 0 aliphatic carbocycles. The molecule has 0 saturated carbocycles. The Labute approximate surface area is 578 Å². The molecule has 9 aromatic rings. The van der Waals surface area contributed by atoms with E-state index in [4.69, 9.17) is 9.47 Å². The molecule has 0 radical (unpaired) electrons. The summed E-state index contributed by atoms with van der Waals surface area (Å²) in [6, 6.07) is 31.2. The number of carboxylic acids is 2. The molecule has 0 amide bonds. The number of carboxylic acid groups (broad SMARTS) is 2. The van der Waals surface area contributed by atoms with Gasteiger partial charge in [-0.15, -0.1) is 0 Å². The van der Waals surface area contributed by atoms with E-state index in [1.54, 1.807) is 48.7 Å². The number of imidazole rings is 3. The molecule has 6 aromatic heterocycles. The van der Waals surface area contributed by atoms with Gasteiger partial charge in [-0.05, 0) is 78.2 Å². The maximum Gasteiger partial charge on any atom is 0.416 e. The number of piperazine rings is 3. The van der Waals surface area contributed by atoms with Crippen LogP contribution < -0.4 is 4.74 Å². The number of hydrogen-bond donors (Lipinski definition) is 2. The third-order valence-corrected chi connectivity index (χ3v) is 17.9. The number of aromatic carboxylic acids is 2. The highest BCUT2D eigenvalue weighted by molar-refractivity contribution is 5.90. The summed E-state index contributed by atoms with van der Waals surface area (Å²) in [5.74, 6) is -2.29. The smallest absolute Gasteiger partial charge is 0.416 e. The summed E-state index contributed by atoms with van der Waals surface area (Å²) >= 11 is 0. The predicted molar refractivity (Wildman–Crippen MR) is 368 cm³/mol. The van der Waals surface area contributed by atoms with Gasteiger partial charge in [-0.2, -0.15) is 13.2 Å². The lowest BCUT2D eigenvalue weighted by atomic mass is 10.1. The number of benzene rings is 3. The highest BCUT2D eigenvalue weighted by Gasteiger charge is 2.31. The van der Waals surface area contributed by atoms with Crippen molar-refractivity contribution in [1.82, 2.24) is 73.0 Å². The van der Waals surface area contributed by atoms with Crippen molar-refractivity contribution >= 4 is 17.9 Å². The molecule has 27 heteroatoms. The molecule has 9 heterocycles. The molecule has 0 spiro atoms. The standard InChI is InChI=1S/C24H26F3N5O2.C24H27F2N5O2.C24H29N5O3.CH4/c1-30-20(14-29-22(30)21-13-18(7-8-28-21)23(33)34-2)16-32-11-9-31(10-12-32)15-17-3-5-19(6-4-17)24(25,26)27;1-24(25,26)19-5-3-17(4-6-19)15-30-9-11-31(12-10-30)16-20-14-28-22(29(20)2)21-13-18(23(32)33)7-8-27-21;1-27-20(17-26-23(27)22-16-19(24(30)31)8-9-25-22)18-29-13-11-28(12-14-29)10-5-15-32-21-6-3-2-4-7-21;/h3-8,13-14H,9-12,15-16H2,1-2H3;3-8,13-14H,9-12,15-16H2,1-2H3,(H,32,33);2-4,6-9,16-17H,5,10-15,18H2,1H3,(H,30,31);1H4. The van der Waals surface area contributed by atoms with Gasteiger partial charge in [-0.3, -0.25) is 39.5 Å². The van der Waals surface area contributed by atoms with Gasteiger partial charge in [0.05, 0.1) is 71.6 Å². The Morgan fingerprint density at radius 3 is 1.17 bits per heavy atom. The van der Waals surface area contributed by atoms with Gasteiger partial charge in [0.15, 0.2) is 17.5 Å². The highest BCUT2D eigenvalue weighted by Crippen LogP contribution is 2.31. The van der Waals surface area contributed by atoms with Gasteiger partial charge in [0.1, 0.15) is 22.8 Å². The van der Waals surface area contributed by atoms with Crippen LogP contribution in [0.25, 0.3) is 34.6 Å². The van der Waals surface area contributed by atoms with Crippen LogP contribution in [-0.2, 0) is 70.7 Å². The molecule has 100 heavy (non-hydrogen) atoms. The molecule has 530 valence electrons. The largest absolute Gasteiger partial charge is 0.494 e. The number of hydrogen-bond acceptors (Lipinski definition) is 17. The van der Waals surface area contributed by atoms with E-state index in [1.807, 2.05) is 83.8 Å². The summed E-state index contributed by atoms with van der Waals surface area (Å²) in [7, 11) is 7.12. The zero-order valence-electron chi connectivity index (χ0n) is 56.1. The Kier molecular flexibility index (Phi) is 25.7. The van der Waals surface area contributed by atoms with E-state index in [9.17, 15) is 46.5 Å². The maximum absolute atomic E-state index is 13.4. The number of para-hydroxylation sites is 1. The van der Waals surface area contributed by atoms with Crippen molar-refractivity contribution in [3.05, 3.63) is 208 Å². The quantitative estimate of drug-likeness (QED) is 0.0366. The number of esters is 1. The Morgan fingerprint density at radius 2 is 0.810 bits per heavy atom. The molecule has 12 rings (SSSR count). The summed E-state index contributed by atoms with van der Waals surface area (Å²) in [6.45, 7) is 17.3. The van der Waals surface area contributed by atoms with E-state index < -0.39 is 35.6 Å². The maximum atomic E-state index is 13.4. The third-order valence-electron chi connectivity index (χ3n) is 17.9. The number of rotatable bonds is 22. The zero-order valence-corrected chi connectivity index (χ0v) is 56.1. The summed E-state index contributed by atoms with van der Waals surface area (Å²) < 4.78 is 81.5. The molecule has 2 N–H and O–H groups in total. The number of methoxy groups -OCH3 is 1. The SMILES string of the molecule is C.COC(=O)c1ccnc(-c2ncc(CN3CCN(Cc4ccc(C(F)(F)F)cc4)CC3)n2C)c1.Cn1c(CN2CCN(CCCOc3ccccc3)CC2)cnc1-c1cc(C(=O)O)ccn1.Cn1c(CN2CCN(Cc3ccc(C(C)(F)F)cc3)CC2)cnc1-c1cc(C(=O)O)ccn1. The van der Waals surface area contributed by atoms with Crippen molar-refractivity contribution in [1.29, 1.82) is 0 Å². The van der Waals surface area contributed by atoms with E-state index in [1.165, 1.54) is 49.8 Å². The molecule has 0 atom stereocenters. The lowest BCUT2D eigenvalue weighted by Crippen LogP contribution is -2.46. The minimum atomic E-state index is -4.31. The molecule has 3 aromatic carbocycles. The lowest BCUT2D eigenvalue weighted by molar-refractivity contribution is -0.137. The van der Waals surface area contributed by atoms with Crippen molar-refractivity contribution in [3.8, 4) is 40.3 Å². The van der Waals surface area contributed by atoms with Gasteiger partial charge in [0.2, 0.25) is 0 Å². The Hall–Kier alpha value is -9.64. The molecule has 3 saturated heterocycles. The first kappa shape index (κ1) is 74.6. The van der Waals surface area contributed by atoms with Crippen LogP contribution >= 0.6 is 0 Å². The molecular formula is C73H86F5N15O7. The van der Waals surface area contributed by atoms with Gasteiger partial charge < -0.3 is 38.3 Å². The van der Waals surface area contributed by atoms with Crippen LogP contribution in [0.1, 0.15) is 91.2 Å². The number of alkyl halides is 5. The molecular weight excluding hydrogens is 1290 g/mol. The molecule has 22 nitrogen and oxygen atoms in total. The Bertz CT molecular complexity index is 4120. The minimum Gasteiger partial charge on any atom is -0.494 e. The molecule has 3 aliphatic heterocycles. The number of ether oxygens (including phenoxy) is 2. The molecule has 0 bridgehead atoms. The average molecular weight is 1380 g/mol. The predicted octanol–water partition coefficient (Wildman–Crippen LogP) is 10.6. The third kappa shape index (κ3) is 20.3. The van der Waals surface area contributed by atoms with Gasteiger partial charge >= 0.3 is 24.1 Å².